The lowest BCUT2D eigenvalue weighted by Gasteiger charge is -2.26. The number of ether oxygens (including phenoxy) is 1. The summed E-state index contributed by atoms with van der Waals surface area (Å²) in [6.07, 6.45) is -4.72. The number of halogens is 4. The summed E-state index contributed by atoms with van der Waals surface area (Å²) in [7, 11) is -4.64. The van der Waals surface area contributed by atoms with E-state index in [0.717, 1.165) is 34.1 Å². The molecule has 2 N–H and O–H groups in total. The van der Waals surface area contributed by atoms with Crippen LogP contribution in [0.3, 0.4) is 0 Å². The minimum atomic E-state index is -4.72. The number of benzene rings is 4. The van der Waals surface area contributed by atoms with Gasteiger partial charge in [0.15, 0.2) is 6.61 Å². The second-order valence-corrected chi connectivity index (χ2v) is 13.5. The number of amides is 2. The van der Waals surface area contributed by atoms with E-state index in [0.29, 0.717) is 11.3 Å². The van der Waals surface area contributed by atoms with E-state index in [9.17, 15) is 31.2 Å². The fourth-order valence-corrected chi connectivity index (χ4v) is 6.25. The Morgan fingerprint density at radius 3 is 2.13 bits per heavy atom. The van der Waals surface area contributed by atoms with Crippen LogP contribution < -0.4 is 19.9 Å². The van der Waals surface area contributed by atoms with Crippen LogP contribution in [0.5, 0.6) is 5.75 Å². The highest BCUT2D eigenvalue weighted by Gasteiger charge is 2.33. The van der Waals surface area contributed by atoms with Gasteiger partial charge in [-0.1, -0.05) is 80.9 Å². The lowest BCUT2D eigenvalue weighted by atomic mass is 9.87. The zero-order valence-corrected chi connectivity index (χ0v) is 26.6. The van der Waals surface area contributed by atoms with Crippen LogP contribution in [0.4, 0.5) is 18.9 Å². The molecule has 0 atom stereocenters. The molecule has 0 unspecified atom stereocenters. The van der Waals surface area contributed by atoms with Crippen LogP contribution >= 0.6 is 11.6 Å². The van der Waals surface area contributed by atoms with Crippen LogP contribution in [0.15, 0.2) is 102 Å². The monoisotopic (exact) mass is 673 g/mol. The summed E-state index contributed by atoms with van der Waals surface area (Å²) in [5.41, 5.74) is 4.41. The van der Waals surface area contributed by atoms with Crippen LogP contribution in [0.2, 0.25) is 5.02 Å². The Kier molecular flexibility index (Phi) is 10.3. The Bertz CT molecular complexity index is 1810. The van der Waals surface area contributed by atoms with Crippen molar-refractivity contribution in [1.29, 1.82) is 0 Å². The molecule has 0 heterocycles. The molecule has 242 valence electrons. The van der Waals surface area contributed by atoms with E-state index in [1.165, 1.54) is 18.2 Å². The van der Waals surface area contributed by atoms with E-state index in [2.05, 4.69) is 31.6 Å². The Hall–Kier alpha value is -4.55. The maximum absolute atomic E-state index is 14.0. The zero-order valence-electron chi connectivity index (χ0n) is 25.1. The van der Waals surface area contributed by atoms with Crippen molar-refractivity contribution >= 4 is 39.1 Å². The van der Waals surface area contributed by atoms with E-state index >= 15 is 0 Å². The quantitative estimate of drug-likeness (QED) is 0.188. The SMILES string of the molecule is CC(C)(C)c1ccc(OCC(=O)NNC(=O)c2ccc(Cl)c(S(=O)(=O)N(Cc3ccccc3)c3cccc(C(F)(F)F)c3)c2)cc1. The molecule has 0 radical (unpaired) electrons. The fourth-order valence-electron chi connectivity index (χ4n) is 4.30. The molecule has 13 heteroatoms. The summed E-state index contributed by atoms with van der Waals surface area (Å²) in [6.45, 7) is 5.45. The molecule has 0 aliphatic heterocycles. The minimum absolute atomic E-state index is 0.0561. The van der Waals surface area contributed by atoms with E-state index in [1.54, 1.807) is 42.5 Å². The number of hydrogen-bond donors (Lipinski definition) is 2. The first-order valence-electron chi connectivity index (χ1n) is 13.9. The van der Waals surface area contributed by atoms with E-state index in [1.807, 2.05) is 12.1 Å². The number of nitrogens with zero attached hydrogens (tertiary/aromatic N) is 1. The second kappa shape index (κ2) is 13.8. The van der Waals surface area contributed by atoms with Crippen LogP contribution in [0.1, 0.15) is 47.8 Å². The molecule has 46 heavy (non-hydrogen) atoms. The standard InChI is InChI=1S/C33H31ClF3N3O5S/c1-32(2,3)24-13-15-27(16-14-24)45-21-30(41)38-39-31(42)23-12-17-28(34)29(18-23)46(43,44)40(20-22-8-5-4-6-9-22)26-11-7-10-25(19-26)33(35,36)37/h4-19H,20-21H2,1-3H3,(H,38,41)(H,39,42). The van der Waals surface area contributed by atoms with Gasteiger partial charge in [-0.25, -0.2) is 8.42 Å². The molecule has 0 aliphatic carbocycles. The molecule has 0 saturated heterocycles. The maximum Gasteiger partial charge on any atom is 0.416 e. The molecule has 0 aromatic heterocycles. The first-order chi connectivity index (χ1) is 21.6. The van der Waals surface area contributed by atoms with Crippen LogP contribution in [0.25, 0.3) is 0 Å². The average Bonchev–Trinajstić information content (AvgIpc) is 3.01. The minimum Gasteiger partial charge on any atom is -0.484 e. The van der Waals surface area contributed by atoms with Crippen molar-refractivity contribution < 1.29 is 35.9 Å². The molecule has 4 aromatic carbocycles. The molecule has 4 aromatic rings. The normalized spacial score (nSPS) is 11.9. The Labute approximate surface area is 270 Å². The number of anilines is 1. The molecular formula is C33H31ClF3N3O5S. The summed E-state index contributed by atoms with van der Waals surface area (Å²) in [4.78, 5) is 24.7. The Balaban J connectivity index is 1.53. The summed E-state index contributed by atoms with van der Waals surface area (Å²) in [5.74, 6) is -1.11. The van der Waals surface area contributed by atoms with Gasteiger partial charge in [0.1, 0.15) is 10.6 Å². The Morgan fingerprint density at radius 1 is 0.826 bits per heavy atom. The van der Waals surface area contributed by atoms with Crippen LogP contribution in [0, 0.1) is 0 Å². The van der Waals surface area contributed by atoms with Gasteiger partial charge in [0.05, 0.1) is 22.8 Å². The number of sulfonamides is 1. The smallest absolute Gasteiger partial charge is 0.416 e. The van der Waals surface area contributed by atoms with Crippen LogP contribution in [-0.2, 0) is 33.0 Å². The highest BCUT2D eigenvalue weighted by atomic mass is 35.5. The zero-order chi connectivity index (χ0) is 33.7. The predicted molar refractivity (Wildman–Crippen MR) is 169 cm³/mol. The van der Waals surface area contributed by atoms with Crippen molar-refractivity contribution in [2.24, 2.45) is 0 Å². The van der Waals surface area contributed by atoms with Gasteiger partial charge in [-0.2, -0.15) is 13.2 Å². The van der Waals surface area contributed by atoms with Crippen molar-refractivity contribution in [1.82, 2.24) is 10.9 Å². The molecule has 0 aliphatic rings. The van der Waals surface area contributed by atoms with Gasteiger partial charge in [0.25, 0.3) is 21.8 Å². The first kappa shape index (κ1) is 34.3. The van der Waals surface area contributed by atoms with Gasteiger partial charge in [0, 0.05) is 5.56 Å². The van der Waals surface area contributed by atoms with Gasteiger partial charge in [-0.05, 0) is 65.1 Å². The second-order valence-electron chi connectivity index (χ2n) is 11.3. The number of nitrogens with one attached hydrogen (secondary N) is 2. The average molecular weight is 674 g/mol. The number of carbonyl (C=O) groups is 2. The molecule has 2 amide bonds. The van der Waals surface area contributed by atoms with Gasteiger partial charge in [0.2, 0.25) is 0 Å². The lowest BCUT2D eigenvalue weighted by molar-refractivity contribution is -0.137. The fraction of sp³-hybridized carbons (Fsp3) is 0.212. The maximum atomic E-state index is 14.0. The highest BCUT2D eigenvalue weighted by Crippen LogP contribution is 2.35. The molecule has 0 bridgehead atoms. The Morgan fingerprint density at radius 2 is 1.50 bits per heavy atom. The first-order valence-corrected chi connectivity index (χ1v) is 15.7. The van der Waals surface area contributed by atoms with Crippen molar-refractivity contribution in [3.8, 4) is 5.75 Å². The molecule has 0 saturated carbocycles. The van der Waals surface area contributed by atoms with Gasteiger partial charge >= 0.3 is 6.18 Å². The molecule has 8 nitrogen and oxygen atoms in total. The predicted octanol–water partition coefficient (Wildman–Crippen LogP) is 6.89. The van der Waals surface area contributed by atoms with E-state index < -0.39 is 45.1 Å². The number of alkyl halides is 3. The van der Waals surface area contributed by atoms with Gasteiger partial charge in [-0.15, -0.1) is 0 Å². The highest BCUT2D eigenvalue weighted by molar-refractivity contribution is 7.93. The van der Waals surface area contributed by atoms with E-state index in [-0.39, 0.29) is 28.2 Å². The third kappa shape index (κ3) is 8.58. The molecule has 0 spiro atoms. The lowest BCUT2D eigenvalue weighted by Crippen LogP contribution is -2.43. The summed E-state index contributed by atoms with van der Waals surface area (Å²) >= 11 is 6.28. The summed E-state index contributed by atoms with van der Waals surface area (Å²) in [5, 5.41) is -0.267. The number of rotatable bonds is 9. The van der Waals surface area contributed by atoms with Crippen molar-refractivity contribution in [3.63, 3.8) is 0 Å². The van der Waals surface area contributed by atoms with Crippen molar-refractivity contribution in [2.45, 2.75) is 43.8 Å². The van der Waals surface area contributed by atoms with Gasteiger partial charge in [-0.3, -0.25) is 24.7 Å². The van der Waals surface area contributed by atoms with E-state index in [4.69, 9.17) is 16.3 Å². The number of hydrogen-bond acceptors (Lipinski definition) is 5. The molecule has 4 rings (SSSR count). The van der Waals surface area contributed by atoms with Crippen LogP contribution in [-0.4, -0.2) is 26.8 Å². The number of carbonyl (C=O) groups excluding carboxylic acids is 2. The third-order valence-corrected chi connectivity index (χ3v) is 9.05. The molecular weight excluding hydrogens is 643 g/mol. The third-order valence-electron chi connectivity index (χ3n) is 6.80. The summed E-state index contributed by atoms with van der Waals surface area (Å²) in [6, 6.07) is 22.8. The molecule has 0 fully saturated rings. The van der Waals surface area contributed by atoms with Gasteiger partial charge < -0.3 is 4.74 Å². The van der Waals surface area contributed by atoms with Crippen molar-refractivity contribution in [3.05, 3.63) is 124 Å². The van der Waals surface area contributed by atoms with Crippen molar-refractivity contribution in [2.75, 3.05) is 10.9 Å². The summed E-state index contributed by atoms with van der Waals surface area (Å²) < 4.78 is 74.8. The topological polar surface area (TPSA) is 105 Å². The number of hydrazine groups is 1. The largest absolute Gasteiger partial charge is 0.484 e.